The molecule has 2 atom stereocenters. The van der Waals surface area contributed by atoms with Gasteiger partial charge >= 0.3 is 91.5 Å². The second-order valence-electron chi connectivity index (χ2n) is 2.21. The summed E-state index contributed by atoms with van der Waals surface area (Å²) in [5, 5.41) is 8.92. The van der Waals surface area contributed by atoms with E-state index in [-0.39, 0.29) is 5.75 Å². The van der Waals surface area contributed by atoms with Gasteiger partial charge in [0.05, 0.1) is 0 Å². The van der Waals surface area contributed by atoms with Crippen LogP contribution in [-0.4, -0.2) is 56.7 Å². The Bertz CT molecular complexity index is 213. The zero-order valence-electron chi connectivity index (χ0n) is 6.81. The summed E-state index contributed by atoms with van der Waals surface area (Å²) in [5.74, 6) is 3.40. The van der Waals surface area contributed by atoms with Gasteiger partial charge < -0.3 is 0 Å². The topological polar surface area (TPSA) is 63.3 Å². The van der Waals surface area contributed by atoms with Crippen LogP contribution in [0.4, 0.5) is 0 Å². The van der Waals surface area contributed by atoms with Crippen molar-refractivity contribution in [3.63, 3.8) is 0 Å². The molecule has 2 unspecified atom stereocenters. The molecule has 3 N–H and O–H groups in total. The molecule has 0 aliphatic heterocycles. The molecule has 73 valence electrons. The first-order valence-corrected chi connectivity index (χ1v) is 16.6. The van der Waals surface area contributed by atoms with E-state index in [1.807, 2.05) is 5.82 Å². The fourth-order valence-electron chi connectivity index (χ4n) is 0.491. The van der Waals surface area contributed by atoms with Gasteiger partial charge in [0.2, 0.25) is 0 Å². The standard InChI is InChI=1S/C5H12NO2SSe3/c1-11(12(2)10)5(6,3-9)4(7)8/h9H,3,6H2,1-2H3,(H,7,8). The van der Waals surface area contributed by atoms with Gasteiger partial charge in [0.1, 0.15) is 0 Å². The van der Waals surface area contributed by atoms with Crippen LogP contribution in [-0.2, 0) is 4.79 Å². The molecular formula is C5H12NO2SSe3. The number of hydrogen-bond donors (Lipinski definition) is 3. The van der Waals surface area contributed by atoms with Gasteiger partial charge in [-0.2, -0.15) is 0 Å². The molecule has 0 aliphatic rings. The number of carboxylic acid groups (broad SMARTS) is 1. The van der Waals surface area contributed by atoms with Gasteiger partial charge in [-0.25, -0.2) is 0 Å². The first-order chi connectivity index (χ1) is 5.36. The number of rotatable bonds is 4. The molecule has 0 saturated heterocycles. The van der Waals surface area contributed by atoms with Crippen molar-refractivity contribution in [1.82, 2.24) is 0 Å². The molecule has 1 radical (unpaired) electrons. The molecule has 0 aliphatic carbocycles. The van der Waals surface area contributed by atoms with Crippen molar-refractivity contribution in [2.45, 2.75) is 16.1 Å². The number of thiol groups is 1. The van der Waals surface area contributed by atoms with Crippen LogP contribution in [0.15, 0.2) is 0 Å². The molecule has 7 heteroatoms. The number of carbonyl (C=O) groups is 1. The molecule has 0 fully saturated rings. The Hall–Kier alpha value is 1.34. The summed E-state index contributed by atoms with van der Waals surface area (Å²) in [6.07, 6.45) is 0. The molecule has 0 heterocycles. The molecule has 0 rings (SSSR count). The summed E-state index contributed by atoms with van der Waals surface area (Å²) in [4.78, 5) is 10.9. The van der Waals surface area contributed by atoms with Crippen LogP contribution >= 0.6 is 12.6 Å². The molecule has 0 saturated carbocycles. The van der Waals surface area contributed by atoms with Crippen molar-refractivity contribution in [1.29, 1.82) is 0 Å². The van der Waals surface area contributed by atoms with Crippen LogP contribution in [0, 0.1) is 0 Å². The Kier molecular flexibility index (Phi) is 5.87. The second-order valence-corrected chi connectivity index (χ2v) is 29.6. The van der Waals surface area contributed by atoms with Crippen LogP contribution in [0.3, 0.4) is 0 Å². The molecule has 0 aromatic heterocycles. The Morgan fingerprint density at radius 3 is 2.25 bits per heavy atom. The van der Waals surface area contributed by atoms with E-state index in [1.165, 1.54) is 0 Å². The molecule has 3 nitrogen and oxygen atoms in total. The normalized spacial score (nSPS) is 18.8. The van der Waals surface area contributed by atoms with E-state index in [2.05, 4.69) is 32.1 Å². The SMILES string of the molecule is C[Se]([Se](C)=[Se])C(N)(CS)C(=O)O. The minimum absolute atomic E-state index is 0.235. The zero-order chi connectivity index (χ0) is 9.94. The fraction of sp³-hybridized carbons (Fsp3) is 0.800. The summed E-state index contributed by atoms with van der Waals surface area (Å²) >= 11 is 5.79. The van der Waals surface area contributed by atoms with Crippen molar-refractivity contribution in [3.8, 4) is 0 Å². The van der Waals surface area contributed by atoms with Crippen LogP contribution in [0.5, 0.6) is 0 Å². The van der Waals surface area contributed by atoms with Crippen LogP contribution in [0.2, 0.25) is 11.6 Å². The van der Waals surface area contributed by atoms with Gasteiger partial charge in [0.25, 0.3) is 0 Å². The third kappa shape index (κ3) is 2.93. The van der Waals surface area contributed by atoms with E-state index in [0.717, 1.165) is 0 Å². The Balaban J connectivity index is 4.75. The van der Waals surface area contributed by atoms with Gasteiger partial charge in [-0.15, -0.1) is 0 Å². The maximum atomic E-state index is 10.9. The van der Waals surface area contributed by atoms with Gasteiger partial charge in [0, 0.05) is 0 Å². The van der Waals surface area contributed by atoms with Gasteiger partial charge in [-0.3, -0.25) is 0 Å². The number of aliphatic carboxylic acids is 1. The second kappa shape index (κ2) is 5.28. The van der Waals surface area contributed by atoms with E-state index in [1.54, 1.807) is 0 Å². The van der Waals surface area contributed by atoms with E-state index >= 15 is 0 Å². The minimum atomic E-state index is -1.25. The van der Waals surface area contributed by atoms with Crippen LogP contribution in [0.25, 0.3) is 0 Å². The first kappa shape index (κ1) is 13.3. The third-order valence-electron chi connectivity index (χ3n) is 1.46. The predicted octanol–water partition coefficient (Wildman–Crippen LogP) is -0.770. The summed E-state index contributed by atoms with van der Waals surface area (Å²) in [6, 6.07) is 0. The quantitative estimate of drug-likeness (QED) is 0.439. The summed E-state index contributed by atoms with van der Waals surface area (Å²) in [7, 11) is -0.891. The molecule has 12 heavy (non-hydrogen) atoms. The maximum absolute atomic E-state index is 10.9. The van der Waals surface area contributed by atoms with Crippen molar-refractivity contribution < 1.29 is 9.90 Å². The number of carboxylic acids is 1. The zero-order valence-corrected chi connectivity index (χ0v) is 12.8. The first-order valence-electron chi connectivity index (χ1n) is 2.99. The van der Waals surface area contributed by atoms with Crippen molar-refractivity contribution in [2.24, 2.45) is 5.73 Å². The summed E-state index contributed by atoms with van der Waals surface area (Å²) in [5.41, 5.74) is 5.78. The van der Waals surface area contributed by atoms with E-state index < -0.39 is 32.2 Å². The summed E-state index contributed by atoms with van der Waals surface area (Å²) in [6.45, 7) is 0. The van der Waals surface area contributed by atoms with E-state index in [4.69, 9.17) is 10.8 Å². The fourth-order valence-corrected chi connectivity index (χ4v) is 17.3. The van der Waals surface area contributed by atoms with E-state index in [9.17, 15) is 4.79 Å². The Morgan fingerprint density at radius 1 is 1.75 bits per heavy atom. The predicted molar refractivity (Wildman–Crippen MR) is 57.4 cm³/mol. The number of nitrogens with two attached hydrogens (primary N) is 1. The third-order valence-corrected chi connectivity index (χ3v) is 29.2. The molecule has 0 bridgehead atoms. The Morgan fingerprint density at radius 2 is 2.17 bits per heavy atom. The molecule has 0 spiro atoms. The van der Waals surface area contributed by atoms with Crippen molar-refractivity contribution >= 4 is 54.0 Å². The molecular weight excluding hydrogens is 375 g/mol. The molecule has 0 amide bonds. The van der Waals surface area contributed by atoms with Crippen molar-refractivity contribution in [2.75, 3.05) is 5.75 Å². The van der Waals surface area contributed by atoms with Crippen LogP contribution in [0.1, 0.15) is 0 Å². The Labute approximate surface area is 90.9 Å². The summed E-state index contributed by atoms with van der Waals surface area (Å²) < 4.78 is -1.05. The van der Waals surface area contributed by atoms with Crippen LogP contribution < -0.4 is 5.73 Å². The van der Waals surface area contributed by atoms with Crippen molar-refractivity contribution in [3.05, 3.63) is 0 Å². The van der Waals surface area contributed by atoms with Gasteiger partial charge in [-0.1, -0.05) is 0 Å². The average Bonchev–Trinajstić information content (AvgIpc) is 2.01. The van der Waals surface area contributed by atoms with E-state index in [0.29, 0.717) is 0 Å². The molecule has 0 aromatic carbocycles. The number of hydrogen-bond acceptors (Lipinski definition) is 3. The van der Waals surface area contributed by atoms with Gasteiger partial charge in [0.15, 0.2) is 0 Å². The monoisotopic (exact) mass is 390 g/mol. The molecule has 0 aromatic rings. The van der Waals surface area contributed by atoms with Gasteiger partial charge in [-0.05, 0) is 0 Å². The average molecular weight is 387 g/mol.